The fourth-order valence-electron chi connectivity index (χ4n) is 5.02. The Morgan fingerprint density at radius 2 is 1.76 bits per heavy atom. The standard InChI is InChI=1S/C38H51BN8O8/c1-7-9-11-24(10-8-2)32(49)41-20-18-37(3,4)54-21-19-38(5,6)55-39-29(48)17-16-28(35(52)53)45-33(50)25-12-14-26(15-13-25)42-22-27-23-43-31-30(44-27)34(51)47-36(40)46-31/h7-15,23,28,39,42H,16-22H2,1-6H3,(H,41,49)(H,45,50)(H,52,53)(H3,40,43,46,47,51)/b9-7-,10-8-,24-11+. The summed E-state index contributed by atoms with van der Waals surface area (Å²) in [5.41, 5.74) is 5.58. The first-order valence-electron chi connectivity index (χ1n) is 17.9. The molecule has 0 bridgehead atoms. The van der Waals surface area contributed by atoms with E-state index in [2.05, 4.69) is 35.9 Å². The molecule has 2 heterocycles. The molecule has 1 unspecified atom stereocenters. The molecule has 0 radical (unpaired) electrons. The molecule has 1 aromatic carbocycles. The molecule has 2 amide bonds. The maximum Gasteiger partial charge on any atom is 0.351 e. The van der Waals surface area contributed by atoms with E-state index in [0.717, 1.165) is 0 Å². The lowest BCUT2D eigenvalue weighted by atomic mass is 9.86. The first-order chi connectivity index (χ1) is 26.0. The van der Waals surface area contributed by atoms with Crippen molar-refractivity contribution in [3.05, 3.63) is 88.0 Å². The Balaban J connectivity index is 1.39. The molecule has 17 heteroatoms. The van der Waals surface area contributed by atoms with Crippen molar-refractivity contribution in [2.24, 2.45) is 0 Å². The van der Waals surface area contributed by atoms with Crippen molar-refractivity contribution in [1.82, 2.24) is 30.6 Å². The van der Waals surface area contributed by atoms with Gasteiger partial charge in [0.05, 0.1) is 24.0 Å². The van der Waals surface area contributed by atoms with E-state index in [1.54, 1.807) is 24.3 Å². The Morgan fingerprint density at radius 3 is 2.44 bits per heavy atom. The van der Waals surface area contributed by atoms with Crippen LogP contribution in [0.15, 0.2) is 71.2 Å². The number of nitrogen functional groups attached to an aromatic ring is 1. The van der Waals surface area contributed by atoms with Crippen LogP contribution in [0.3, 0.4) is 0 Å². The number of aromatic amines is 1. The third kappa shape index (κ3) is 14.9. The molecule has 7 N–H and O–H groups in total. The zero-order valence-corrected chi connectivity index (χ0v) is 32.2. The molecule has 0 aliphatic rings. The lowest BCUT2D eigenvalue weighted by molar-refractivity contribution is -0.139. The summed E-state index contributed by atoms with van der Waals surface area (Å²) >= 11 is 0. The summed E-state index contributed by atoms with van der Waals surface area (Å²) in [6.45, 7) is 12.3. The van der Waals surface area contributed by atoms with Gasteiger partial charge in [0.15, 0.2) is 11.2 Å². The molecule has 294 valence electrons. The number of ether oxygens (including phenoxy) is 1. The number of hydrogen-bond acceptors (Lipinski definition) is 12. The number of hydrogen-bond donors (Lipinski definition) is 6. The highest BCUT2D eigenvalue weighted by molar-refractivity contribution is 6.69. The number of fused-ring (bicyclic) bond motifs is 1. The number of anilines is 2. The van der Waals surface area contributed by atoms with Gasteiger partial charge < -0.3 is 41.0 Å². The van der Waals surface area contributed by atoms with Gasteiger partial charge in [0.2, 0.25) is 5.95 Å². The average Bonchev–Trinajstić information content (AvgIpc) is 3.13. The molecule has 55 heavy (non-hydrogen) atoms. The second-order valence-corrected chi connectivity index (χ2v) is 13.9. The number of H-pyrrole nitrogens is 1. The van der Waals surface area contributed by atoms with Crippen LogP contribution in [-0.4, -0.2) is 86.4 Å². The average molecular weight is 759 g/mol. The van der Waals surface area contributed by atoms with Crippen molar-refractivity contribution < 1.29 is 33.7 Å². The van der Waals surface area contributed by atoms with E-state index in [1.165, 1.54) is 18.3 Å². The van der Waals surface area contributed by atoms with E-state index in [0.29, 0.717) is 42.9 Å². The minimum absolute atomic E-state index is 0.0531. The van der Waals surface area contributed by atoms with Crippen LogP contribution in [0.5, 0.6) is 0 Å². The summed E-state index contributed by atoms with van der Waals surface area (Å²) in [4.78, 5) is 76.8. The third-order valence-corrected chi connectivity index (χ3v) is 8.33. The Hall–Kier alpha value is -5.68. The highest BCUT2D eigenvalue weighted by atomic mass is 16.5. The smallest absolute Gasteiger partial charge is 0.351 e. The van der Waals surface area contributed by atoms with Gasteiger partial charge in [-0.3, -0.25) is 19.4 Å². The molecule has 0 aliphatic carbocycles. The van der Waals surface area contributed by atoms with E-state index in [9.17, 15) is 29.1 Å². The number of allylic oxidation sites excluding steroid dienone is 4. The van der Waals surface area contributed by atoms with Gasteiger partial charge in [0, 0.05) is 42.0 Å². The molecule has 0 spiro atoms. The molecule has 16 nitrogen and oxygen atoms in total. The number of aromatic nitrogens is 4. The number of carboxylic acid groups (broad SMARTS) is 1. The van der Waals surface area contributed by atoms with Gasteiger partial charge in [-0.2, -0.15) is 4.98 Å². The summed E-state index contributed by atoms with van der Waals surface area (Å²) in [5.74, 6) is -2.10. The van der Waals surface area contributed by atoms with Crippen LogP contribution in [0, 0.1) is 0 Å². The Kier molecular flexibility index (Phi) is 16.4. The fraction of sp³-hybridized carbons (Fsp3) is 0.421. The molecule has 3 rings (SSSR count). The van der Waals surface area contributed by atoms with Gasteiger partial charge in [0.1, 0.15) is 11.7 Å². The SMILES string of the molecule is C\C=C/C=C(\C=C/C)C(=O)NCCC(C)(C)OCCC(C)(C)OBC(=O)CCC(NC(=O)c1ccc(NCc2cnc3nc(N)[nH]c(=O)c3n2)cc1)C(=O)O. The number of nitrogens with one attached hydrogen (secondary N) is 4. The minimum atomic E-state index is -1.29. The van der Waals surface area contributed by atoms with Gasteiger partial charge in [0.25, 0.3) is 17.4 Å². The summed E-state index contributed by atoms with van der Waals surface area (Å²) in [7, 11) is -0.223. The predicted molar refractivity (Wildman–Crippen MR) is 212 cm³/mol. The summed E-state index contributed by atoms with van der Waals surface area (Å²) in [6, 6.07) is 5.03. The first-order valence-corrected chi connectivity index (χ1v) is 17.9. The molecule has 3 aromatic rings. The number of carbonyl (C=O) groups is 4. The monoisotopic (exact) mass is 758 g/mol. The quantitative estimate of drug-likeness (QED) is 0.0490. The van der Waals surface area contributed by atoms with Crippen LogP contribution < -0.4 is 27.2 Å². The van der Waals surface area contributed by atoms with Crippen molar-refractivity contribution in [3.63, 3.8) is 0 Å². The fourth-order valence-corrected chi connectivity index (χ4v) is 5.02. The molecular formula is C38H51BN8O8. The number of benzene rings is 1. The van der Waals surface area contributed by atoms with E-state index in [4.69, 9.17) is 15.1 Å². The zero-order chi connectivity index (χ0) is 40.6. The molecule has 0 fully saturated rings. The summed E-state index contributed by atoms with van der Waals surface area (Å²) < 4.78 is 11.9. The highest BCUT2D eigenvalue weighted by Crippen LogP contribution is 2.20. The second kappa shape index (κ2) is 20.7. The minimum Gasteiger partial charge on any atom is -0.480 e. The van der Waals surface area contributed by atoms with Crippen LogP contribution in [0.2, 0.25) is 0 Å². The molecule has 0 saturated carbocycles. The van der Waals surface area contributed by atoms with E-state index in [1.807, 2.05) is 59.8 Å². The van der Waals surface area contributed by atoms with Crippen LogP contribution in [0.1, 0.15) is 83.3 Å². The van der Waals surface area contributed by atoms with E-state index >= 15 is 0 Å². The Bertz CT molecular complexity index is 1960. The zero-order valence-electron chi connectivity index (χ0n) is 32.2. The molecule has 0 aliphatic heterocycles. The third-order valence-electron chi connectivity index (χ3n) is 8.33. The van der Waals surface area contributed by atoms with Crippen LogP contribution in [0.25, 0.3) is 11.2 Å². The molecule has 2 aromatic heterocycles. The topological polar surface area (TPSA) is 241 Å². The number of carbonyl (C=O) groups excluding carboxylic acids is 3. The normalized spacial score (nSPS) is 12.9. The Morgan fingerprint density at radius 1 is 1.04 bits per heavy atom. The van der Waals surface area contributed by atoms with Gasteiger partial charge in [-0.15, -0.1) is 0 Å². The number of nitrogens with two attached hydrogens (primary N) is 1. The number of aliphatic carboxylic acids is 1. The number of rotatable bonds is 22. The number of carboxylic acids is 1. The number of nitrogens with zero attached hydrogens (tertiary/aromatic N) is 3. The van der Waals surface area contributed by atoms with Crippen molar-refractivity contribution in [2.45, 2.75) is 91.0 Å². The predicted octanol–water partition coefficient (Wildman–Crippen LogP) is 3.31. The lowest BCUT2D eigenvalue weighted by Gasteiger charge is -2.30. The maximum atomic E-state index is 12.9. The van der Waals surface area contributed by atoms with Gasteiger partial charge >= 0.3 is 13.5 Å². The maximum absolute atomic E-state index is 12.9. The van der Waals surface area contributed by atoms with Crippen molar-refractivity contribution >= 4 is 53.7 Å². The van der Waals surface area contributed by atoms with Crippen molar-refractivity contribution in [1.29, 1.82) is 0 Å². The lowest BCUT2D eigenvalue weighted by Crippen LogP contribution is -2.41. The van der Waals surface area contributed by atoms with Gasteiger partial charge in [-0.1, -0.05) is 24.3 Å². The van der Waals surface area contributed by atoms with Gasteiger partial charge in [-0.25, -0.2) is 14.8 Å². The van der Waals surface area contributed by atoms with Gasteiger partial charge in [-0.05, 0) is 91.1 Å². The second-order valence-electron chi connectivity index (χ2n) is 13.9. The van der Waals surface area contributed by atoms with Crippen molar-refractivity contribution in [2.75, 3.05) is 24.2 Å². The van der Waals surface area contributed by atoms with E-state index < -0.39 is 34.7 Å². The largest absolute Gasteiger partial charge is 0.480 e. The summed E-state index contributed by atoms with van der Waals surface area (Å²) in [5, 5.41) is 18.2. The highest BCUT2D eigenvalue weighted by Gasteiger charge is 2.26. The van der Waals surface area contributed by atoms with Crippen LogP contribution >= 0.6 is 0 Å². The van der Waals surface area contributed by atoms with E-state index in [-0.39, 0.29) is 61.1 Å². The molecule has 0 saturated heterocycles. The summed E-state index contributed by atoms with van der Waals surface area (Å²) in [6.07, 6.45) is 11.3. The molecule has 1 atom stereocenters. The van der Waals surface area contributed by atoms with Crippen molar-refractivity contribution in [3.8, 4) is 0 Å². The first kappa shape index (κ1) is 43.7. The number of amides is 2. The Labute approximate surface area is 320 Å². The van der Waals surface area contributed by atoms with Crippen LogP contribution in [-0.2, 0) is 30.3 Å². The van der Waals surface area contributed by atoms with Crippen LogP contribution in [0.4, 0.5) is 11.6 Å². The molecular weight excluding hydrogens is 707 g/mol.